The van der Waals surface area contributed by atoms with Crippen molar-refractivity contribution in [1.82, 2.24) is 5.32 Å². The summed E-state index contributed by atoms with van der Waals surface area (Å²) >= 11 is 0. The van der Waals surface area contributed by atoms with Crippen molar-refractivity contribution in [2.75, 3.05) is 7.05 Å². The molecule has 0 unspecified atom stereocenters. The quantitative estimate of drug-likeness (QED) is 0.545. The molecule has 1 N–H and O–H groups in total. The summed E-state index contributed by atoms with van der Waals surface area (Å²) in [5.41, 5.74) is 0. The van der Waals surface area contributed by atoms with E-state index in [1.54, 1.807) is 0 Å². The van der Waals surface area contributed by atoms with Gasteiger partial charge in [-0.1, -0.05) is 6.58 Å². The Bertz CT molecular complexity index is 150. The van der Waals surface area contributed by atoms with Crippen LogP contribution in [0.4, 0.5) is 0 Å². The Hall–Kier alpha value is -1.19. The van der Waals surface area contributed by atoms with Crippen LogP contribution in [0.3, 0.4) is 0 Å². The highest BCUT2D eigenvalue weighted by Crippen LogP contribution is 1.84. The Morgan fingerprint density at radius 2 is 2.22 bits per heavy atom. The van der Waals surface area contributed by atoms with Crippen molar-refractivity contribution in [3.8, 4) is 0 Å². The molecule has 0 saturated heterocycles. The third-order valence-corrected chi connectivity index (χ3v) is 0.541. The van der Waals surface area contributed by atoms with Gasteiger partial charge in [-0.25, -0.2) is 0 Å². The second kappa shape index (κ2) is 3.77. The van der Waals surface area contributed by atoms with E-state index in [-0.39, 0.29) is 11.7 Å². The lowest BCUT2D eigenvalue weighted by atomic mass is 10.7. The van der Waals surface area contributed by atoms with Crippen molar-refractivity contribution >= 4 is 5.91 Å². The summed E-state index contributed by atoms with van der Waals surface area (Å²) in [4.78, 5) is 10.3. The molecule has 0 heterocycles. The number of azo groups is 1. The van der Waals surface area contributed by atoms with Crippen LogP contribution < -0.4 is 5.32 Å². The summed E-state index contributed by atoms with van der Waals surface area (Å²) in [6.07, 6.45) is 0. The largest absolute Gasteiger partial charge is 0.310 e. The molecule has 0 aromatic rings. The summed E-state index contributed by atoms with van der Waals surface area (Å²) in [5, 5.41) is 9.21. The molecule has 0 rings (SSSR count). The average Bonchev–Trinajstić information content (AvgIpc) is 1.63. The lowest BCUT2D eigenvalue weighted by Crippen LogP contribution is -2.16. The number of nitrogens with zero attached hydrogens (tertiary/aromatic N) is 2. The predicted molar refractivity (Wildman–Crippen MR) is 33.7 cm³/mol. The number of hydrogen-bond donors (Lipinski definition) is 1. The third-order valence-electron chi connectivity index (χ3n) is 0.541. The van der Waals surface area contributed by atoms with Crippen LogP contribution in [0.25, 0.3) is 0 Å². The van der Waals surface area contributed by atoms with Crippen LogP contribution in [0.1, 0.15) is 6.92 Å². The molecule has 0 aliphatic rings. The molecule has 0 aliphatic carbocycles. The van der Waals surface area contributed by atoms with Gasteiger partial charge in [-0.2, -0.15) is 5.11 Å². The number of carbonyl (C=O) groups excluding carboxylic acids is 1. The van der Waals surface area contributed by atoms with Crippen LogP contribution in [0.2, 0.25) is 0 Å². The summed E-state index contributed by atoms with van der Waals surface area (Å²) in [7, 11) is 1.51. The maximum absolute atomic E-state index is 10.3. The fourth-order valence-electron chi connectivity index (χ4n) is 0.349. The first-order chi connectivity index (χ1) is 4.16. The highest BCUT2D eigenvalue weighted by Gasteiger charge is 1.90. The second-order valence-electron chi connectivity index (χ2n) is 1.43. The van der Waals surface area contributed by atoms with Crippen molar-refractivity contribution in [2.24, 2.45) is 10.2 Å². The van der Waals surface area contributed by atoms with Gasteiger partial charge in [0.25, 0.3) is 0 Å². The van der Waals surface area contributed by atoms with E-state index < -0.39 is 0 Å². The molecule has 4 heteroatoms. The lowest BCUT2D eigenvalue weighted by Gasteiger charge is -1.94. The van der Waals surface area contributed by atoms with Crippen LogP contribution >= 0.6 is 0 Å². The van der Waals surface area contributed by atoms with Crippen LogP contribution in [0, 0.1) is 0 Å². The number of amides is 1. The van der Waals surface area contributed by atoms with Gasteiger partial charge in [0.05, 0.1) is 0 Å². The normalized spacial score (nSPS) is 9.56. The van der Waals surface area contributed by atoms with Crippen LogP contribution in [0.5, 0.6) is 0 Å². The molecule has 0 atom stereocenters. The van der Waals surface area contributed by atoms with Gasteiger partial charge in [-0.15, -0.1) is 5.11 Å². The highest BCUT2D eigenvalue weighted by molar-refractivity contribution is 5.74. The van der Waals surface area contributed by atoms with Crippen LogP contribution in [-0.4, -0.2) is 13.0 Å². The van der Waals surface area contributed by atoms with Crippen molar-refractivity contribution in [3.63, 3.8) is 0 Å². The first-order valence-electron chi connectivity index (χ1n) is 2.43. The van der Waals surface area contributed by atoms with Crippen molar-refractivity contribution in [1.29, 1.82) is 0 Å². The van der Waals surface area contributed by atoms with Gasteiger partial charge in [0.2, 0.25) is 5.91 Å². The van der Waals surface area contributed by atoms with E-state index in [9.17, 15) is 4.79 Å². The molecule has 50 valence electrons. The number of hydrogen-bond acceptors (Lipinski definition) is 3. The Morgan fingerprint density at radius 1 is 1.67 bits per heavy atom. The molecule has 0 spiro atoms. The summed E-state index contributed by atoms with van der Waals surface area (Å²) in [6.45, 7) is 4.78. The van der Waals surface area contributed by atoms with Crippen molar-refractivity contribution in [2.45, 2.75) is 6.92 Å². The minimum absolute atomic E-state index is 0.188. The number of nitrogens with one attached hydrogen (secondary N) is 1. The molecular weight excluding hydrogens is 118 g/mol. The van der Waals surface area contributed by atoms with E-state index in [1.165, 1.54) is 14.0 Å². The summed E-state index contributed by atoms with van der Waals surface area (Å²) in [6, 6.07) is 0. The smallest absolute Gasteiger partial charge is 0.222 e. The zero-order valence-corrected chi connectivity index (χ0v) is 5.51. The van der Waals surface area contributed by atoms with E-state index >= 15 is 0 Å². The third kappa shape index (κ3) is 4.67. The zero-order valence-electron chi connectivity index (χ0n) is 5.51. The topological polar surface area (TPSA) is 53.8 Å². The molecule has 0 saturated carbocycles. The summed E-state index contributed by atoms with van der Waals surface area (Å²) in [5.74, 6) is 0.0809. The fourth-order valence-corrected chi connectivity index (χ4v) is 0.349. The monoisotopic (exact) mass is 127 g/mol. The van der Waals surface area contributed by atoms with Crippen LogP contribution in [0.15, 0.2) is 22.6 Å². The van der Waals surface area contributed by atoms with E-state index in [1.807, 2.05) is 0 Å². The van der Waals surface area contributed by atoms with Gasteiger partial charge in [-0.05, 0) is 0 Å². The van der Waals surface area contributed by atoms with Crippen molar-refractivity contribution < 1.29 is 4.79 Å². The molecular formula is C5H9N3O. The Morgan fingerprint density at radius 3 is 2.56 bits per heavy atom. The van der Waals surface area contributed by atoms with Crippen LogP contribution in [-0.2, 0) is 4.79 Å². The highest BCUT2D eigenvalue weighted by atomic mass is 16.1. The number of carbonyl (C=O) groups is 1. The molecule has 1 amide bonds. The van der Waals surface area contributed by atoms with E-state index in [2.05, 4.69) is 22.1 Å². The van der Waals surface area contributed by atoms with E-state index in [0.29, 0.717) is 0 Å². The second-order valence-corrected chi connectivity index (χ2v) is 1.43. The molecule has 0 radical (unpaired) electrons. The Labute approximate surface area is 53.7 Å². The standard InChI is InChI=1S/C5H9N3O/c1-4(8-6-3)7-5(2)9/h1H2,2-3H3,(H,7,9)/b8-6-. The predicted octanol–water partition coefficient (Wildman–Crippen LogP) is 0.676. The van der Waals surface area contributed by atoms with E-state index in [0.717, 1.165) is 0 Å². The number of rotatable bonds is 2. The lowest BCUT2D eigenvalue weighted by molar-refractivity contribution is -0.118. The minimum atomic E-state index is -0.188. The van der Waals surface area contributed by atoms with Gasteiger partial charge < -0.3 is 5.32 Å². The molecule has 0 bridgehead atoms. The minimum Gasteiger partial charge on any atom is -0.310 e. The zero-order chi connectivity index (χ0) is 7.28. The Kier molecular flexibility index (Phi) is 3.27. The first-order valence-corrected chi connectivity index (χ1v) is 2.43. The van der Waals surface area contributed by atoms with Gasteiger partial charge in [0.1, 0.15) is 5.82 Å². The van der Waals surface area contributed by atoms with Gasteiger partial charge in [0, 0.05) is 14.0 Å². The molecule has 9 heavy (non-hydrogen) atoms. The molecule has 4 nitrogen and oxygen atoms in total. The molecule has 0 aromatic heterocycles. The van der Waals surface area contributed by atoms with E-state index in [4.69, 9.17) is 0 Å². The average molecular weight is 127 g/mol. The molecule has 0 aliphatic heterocycles. The van der Waals surface area contributed by atoms with Gasteiger partial charge in [-0.3, -0.25) is 4.79 Å². The summed E-state index contributed by atoms with van der Waals surface area (Å²) < 4.78 is 0. The SMILES string of the molecule is C=C(/N=N\C)NC(C)=O. The molecule has 0 aromatic carbocycles. The maximum Gasteiger partial charge on any atom is 0.222 e. The van der Waals surface area contributed by atoms with Gasteiger partial charge in [0.15, 0.2) is 0 Å². The Balaban J connectivity index is 3.64. The van der Waals surface area contributed by atoms with Crippen molar-refractivity contribution in [3.05, 3.63) is 12.4 Å². The van der Waals surface area contributed by atoms with Gasteiger partial charge >= 0.3 is 0 Å². The molecule has 0 fully saturated rings. The fraction of sp³-hybridized carbons (Fsp3) is 0.400. The first kappa shape index (κ1) is 7.81. The maximum atomic E-state index is 10.3.